The summed E-state index contributed by atoms with van der Waals surface area (Å²) in [5, 5.41) is 3.13. The number of amides is 1. The van der Waals surface area contributed by atoms with Crippen LogP contribution in [0.15, 0.2) is 48.5 Å². The van der Waals surface area contributed by atoms with Gasteiger partial charge in [-0.3, -0.25) is 9.59 Å². The number of anilines is 2. The van der Waals surface area contributed by atoms with Crippen molar-refractivity contribution in [2.24, 2.45) is 5.92 Å². The normalized spacial score (nSPS) is 14.5. The molecule has 0 radical (unpaired) electrons. The molecule has 2 aromatic carbocycles. The first kappa shape index (κ1) is 20.9. The topological polar surface area (TPSA) is 52.7 Å². The predicted molar refractivity (Wildman–Crippen MR) is 119 cm³/mol. The zero-order valence-corrected chi connectivity index (χ0v) is 17.4. The first-order chi connectivity index (χ1) is 14.1. The fourth-order valence-corrected chi connectivity index (χ4v) is 3.92. The Morgan fingerprint density at radius 2 is 1.90 bits per heavy atom. The van der Waals surface area contributed by atoms with Crippen LogP contribution in [0.5, 0.6) is 0 Å². The zero-order chi connectivity index (χ0) is 20.6. The van der Waals surface area contributed by atoms with E-state index in [2.05, 4.69) is 53.2 Å². The first-order valence-electron chi connectivity index (χ1n) is 10.5. The molecule has 1 aliphatic heterocycles. The molecule has 0 aromatic heterocycles. The van der Waals surface area contributed by atoms with Crippen LogP contribution in [0.25, 0.3) is 0 Å². The van der Waals surface area contributed by atoms with Gasteiger partial charge in [0.05, 0.1) is 0 Å². The minimum atomic E-state index is 0.0783. The van der Waals surface area contributed by atoms with E-state index in [0.717, 1.165) is 51.0 Å². The van der Waals surface area contributed by atoms with Crippen LogP contribution < -0.4 is 15.1 Å². The van der Waals surface area contributed by atoms with E-state index in [1.54, 1.807) is 0 Å². The van der Waals surface area contributed by atoms with Gasteiger partial charge in [0, 0.05) is 55.6 Å². The molecule has 0 unspecified atom stereocenters. The van der Waals surface area contributed by atoms with Crippen molar-refractivity contribution in [2.75, 3.05) is 42.5 Å². The monoisotopic (exact) mass is 393 g/mol. The van der Waals surface area contributed by atoms with Crippen molar-refractivity contribution >= 4 is 23.6 Å². The maximum absolute atomic E-state index is 12.6. The van der Waals surface area contributed by atoms with Gasteiger partial charge in [0.1, 0.15) is 6.29 Å². The fourth-order valence-electron chi connectivity index (χ4n) is 3.92. The van der Waals surface area contributed by atoms with Crippen molar-refractivity contribution in [3.63, 3.8) is 0 Å². The van der Waals surface area contributed by atoms with Crippen LogP contribution in [-0.4, -0.2) is 44.9 Å². The number of benzene rings is 2. The van der Waals surface area contributed by atoms with Gasteiger partial charge in [0.2, 0.25) is 5.91 Å². The van der Waals surface area contributed by atoms with E-state index >= 15 is 0 Å². The van der Waals surface area contributed by atoms with E-state index in [9.17, 15) is 9.59 Å². The summed E-state index contributed by atoms with van der Waals surface area (Å²) in [4.78, 5) is 28.0. The first-order valence-corrected chi connectivity index (χ1v) is 10.5. The maximum atomic E-state index is 12.6. The third-order valence-electron chi connectivity index (χ3n) is 5.69. The van der Waals surface area contributed by atoms with Crippen LogP contribution >= 0.6 is 0 Å². The molecule has 1 N–H and O–H groups in total. The van der Waals surface area contributed by atoms with E-state index < -0.39 is 0 Å². The minimum Gasteiger partial charge on any atom is -0.371 e. The third kappa shape index (κ3) is 5.59. The summed E-state index contributed by atoms with van der Waals surface area (Å²) in [5.74, 6) is 0.246. The Bertz CT molecular complexity index is 811. The van der Waals surface area contributed by atoms with E-state index in [0.29, 0.717) is 12.1 Å². The van der Waals surface area contributed by atoms with Crippen LogP contribution in [0.3, 0.4) is 0 Å². The highest BCUT2D eigenvalue weighted by atomic mass is 16.1. The summed E-state index contributed by atoms with van der Waals surface area (Å²) >= 11 is 0. The molecular weight excluding hydrogens is 362 g/mol. The summed E-state index contributed by atoms with van der Waals surface area (Å²) in [5.41, 5.74) is 4.26. The Labute approximate surface area is 173 Å². The molecule has 0 saturated carbocycles. The molecule has 0 atom stereocenters. The average Bonchev–Trinajstić information content (AvgIpc) is 2.77. The van der Waals surface area contributed by atoms with Crippen LogP contribution in [0.4, 0.5) is 11.4 Å². The average molecular weight is 394 g/mol. The molecule has 154 valence electrons. The molecule has 0 aliphatic carbocycles. The Balaban J connectivity index is 1.44. The summed E-state index contributed by atoms with van der Waals surface area (Å²) in [6.07, 6.45) is 2.58. The SMILES string of the molecule is CCN(CCNC(=O)C1CCN(c2ccc(C=O)cc2)CC1)c1cccc(C)c1. The molecule has 5 nitrogen and oxygen atoms in total. The highest BCUT2D eigenvalue weighted by molar-refractivity contribution is 5.79. The van der Waals surface area contributed by atoms with Crippen molar-refractivity contribution in [1.29, 1.82) is 0 Å². The van der Waals surface area contributed by atoms with Crippen LogP contribution in [0, 0.1) is 12.8 Å². The van der Waals surface area contributed by atoms with Crippen molar-refractivity contribution in [3.05, 3.63) is 59.7 Å². The number of nitrogens with one attached hydrogen (secondary N) is 1. The molecule has 3 rings (SSSR count). The quantitative estimate of drug-likeness (QED) is 0.696. The van der Waals surface area contributed by atoms with E-state index in [1.165, 1.54) is 11.3 Å². The van der Waals surface area contributed by atoms with Gasteiger partial charge in [-0.1, -0.05) is 12.1 Å². The van der Waals surface area contributed by atoms with Gasteiger partial charge in [-0.2, -0.15) is 0 Å². The Hall–Kier alpha value is -2.82. The van der Waals surface area contributed by atoms with E-state index in [4.69, 9.17) is 0 Å². The number of piperidine rings is 1. The third-order valence-corrected chi connectivity index (χ3v) is 5.69. The fraction of sp³-hybridized carbons (Fsp3) is 0.417. The minimum absolute atomic E-state index is 0.0783. The summed E-state index contributed by atoms with van der Waals surface area (Å²) in [7, 11) is 0. The molecule has 0 bridgehead atoms. The van der Waals surface area contributed by atoms with E-state index in [-0.39, 0.29) is 11.8 Å². The Morgan fingerprint density at radius 3 is 2.52 bits per heavy atom. The molecule has 0 spiro atoms. The van der Waals surface area contributed by atoms with Gasteiger partial charge >= 0.3 is 0 Å². The summed E-state index contributed by atoms with van der Waals surface area (Å²) in [6.45, 7) is 8.36. The molecular formula is C24H31N3O2. The Kier molecular flexibility index (Phi) is 7.28. The van der Waals surface area contributed by atoms with Crippen LogP contribution in [0.1, 0.15) is 35.7 Å². The predicted octanol–water partition coefficient (Wildman–Crippen LogP) is 3.67. The standard InChI is InChI=1S/C24H31N3O2/c1-3-26(23-6-4-5-19(2)17-23)16-13-25-24(29)21-11-14-27(15-12-21)22-9-7-20(18-28)8-10-22/h4-10,17-18,21H,3,11-16H2,1-2H3,(H,25,29). The second-order valence-corrected chi connectivity index (χ2v) is 7.68. The number of likely N-dealkylation sites (N-methyl/N-ethyl adjacent to an activating group) is 1. The summed E-state index contributed by atoms with van der Waals surface area (Å²) < 4.78 is 0. The van der Waals surface area contributed by atoms with Gasteiger partial charge in [0.15, 0.2) is 0 Å². The molecule has 1 saturated heterocycles. The molecule has 1 amide bonds. The van der Waals surface area contributed by atoms with E-state index in [1.807, 2.05) is 24.3 Å². The molecule has 1 fully saturated rings. The van der Waals surface area contributed by atoms with Crippen LogP contribution in [-0.2, 0) is 4.79 Å². The van der Waals surface area contributed by atoms with Gasteiger partial charge in [0.25, 0.3) is 0 Å². The lowest BCUT2D eigenvalue weighted by Crippen LogP contribution is -2.42. The number of aryl methyl sites for hydroxylation is 1. The second-order valence-electron chi connectivity index (χ2n) is 7.68. The lowest BCUT2D eigenvalue weighted by Gasteiger charge is -2.33. The number of carbonyl (C=O) groups is 2. The molecule has 1 aliphatic rings. The highest BCUT2D eigenvalue weighted by Crippen LogP contribution is 2.23. The lowest BCUT2D eigenvalue weighted by atomic mass is 9.95. The maximum Gasteiger partial charge on any atom is 0.223 e. The number of hydrogen-bond acceptors (Lipinski definition) is 4. The Morgan fingerprint density at radius 1 is 1.17 bits per heavy atom. The van der Waals surface area contributed by atoms with Crippen molar-refractivity contribution in [3.8, 4) is 0 Å². The number of rotatable bonds is 8. The van der Waals surface area contributed by atoms with Crippen molar-refractivity contribution < 1.29 is 9.59 Å². The number of nitrogens with zero attached hydrogens (tertiary/aromatic N) is 2. The van der Waals surface area contributed by atoms with Gasteiger partial charge in [-0.15, -0.1) is 0 Å². The smallest absolute Gasteiger partial charge is 0.223 e. The number of hydrogen-bond donors (Lipinski definition) is 1. The second kappa shape index (κ2) is 10.1. The van der Waals surface area contributed by atoms with Gasteiger partial charge in [-0.05, 0) is 68.7 Å². The largest absolute Gasteiger partial charge is 0.371 e. The number of aldehydes is 1. The zero-order valence-electron chi connectivity index (χ0n) is 17.4. The van der Waals surface area contributed by atoms with Crippen molar-refractivity contribution in [2.45, 2.75) is 26.7 Å². The molecule has 1 heterocycles. The van der Waals surface area contributed by atoms with Crippen LogP contribution in [0.2, 0.25) is 0 Å². The van der Waals surface area contributed by atoms with Gasteiger partial charge in [-0.25, -0.2) is 0 Å². The van der Waals surface area contributed by atoms with Gasteiger partial charge < -0.3 is 15.1 Å². The molecule has 2 aromatic rings. The lowest BCUT2D eigenvalue weighted by molar-refractivity contribution is -0.125. The molecule has 5 heteroatoms. The molecule has 29 heavy (non-hydrogen) atoms. The van der Waals surface area contributed by atoms with Crippen molar-refractivity contribution in [1.82, 2.24) is 5.32 Å². The number of carbonyl (C=O) groups excluding carboxylic acids is 2. The highest BCUT2D eigenvalue weighted by Gasteiger charge is 2.25. The summed E-state index contributed by atoms with van der Waals surface area (Å²) in [6, 6.07) is 16.1.